The fourth-order valence-corrected chi connectivity index (χ4v) is 6.94. The maximum absolute atomic E-state index is 12.4. The summed E-state index contributed by atoms with van der Waals surface area (Å²) in [5, 5.41) is 18.4. The molecule has 6 nitrogen and oxygen atoms in total. The molecule has 0 aliphatic heterocycles. The molecule has 0 amide bonds. The van der Waals surface area contributed by atoms with Gasteiger partial charge in [0.1, 0.15) is 4.93 Å². The number of unbranched alkanes of at least 4 members (excludes halogenated alkanes) is 8. The zero-order valence-corrected chi connectivity index (χ0v) is 27.0. The first-order chi connectivity index (χ1) is 18.8. The number of ether oxygens (including phenoxy) is 2. The Morgan fingerprint density at radius 3 is 2.03 bits per heavy atom. The van der Waals surface area contributed by atoms with Crippen molar-refractivity contribution in [2.24, 2.45) is 11.8 Å². The molecule has 1 fully saturated rings. The van der Waals surface area contributed by atoms with Gasteiger partial charge in [-0.15, -0.1) is 12.6 Å². The minimum absolute atomic E-state index is 0.146. The van der Waals surface area contributed by atoms with E-state index in [4.69, 9.17) is 22.1 Å². The van der Waals surface area contributed by atoms with E-state index in [1.54, 1.807) is 0 Å². The van der Waals surface area contributed by atoms with Crippen molar-refractivity contribution >= 4 is 27.1 Å². The molecule has 1 rings (SSSR count). The number of carbonyl (C=O) groups is 1. The smallest absolute Gasteiger partial charge is 0.353 e. The Hall–Kier alpha value is -0.200. The molecule has 0 bridgehead atoms. The molecule has 8 heteroatoms. The van der Waals surface area contributed by atoms with Gasteiger partial charge in [0, 0.05) is 6.61 Å². The van der Waals surface area contributed by atoms with E-state index in [-0.39, 0.29) is 6.61 Å². The van der Waals surface area contributed by atoms with Crippen molar-refractivity contribution in [2.45, 2.75) is 172 Å². The molecule has 1 aliphatic rings. The second-order valence-electron chi connectivity index (χ2n) is 11.8. The van der Waals surface area contributed by atoms with Crippen LogP contribution in [0.4, 0.5) is 0 Å². The predicted octanol–water partition coefficient (Wildman–Crippen LogP) is 9.53. The zero-order valence-electron chi connectivity index (χ0n) is 25.2. The highest BCUT2D eigenvalue weighted by molar-refractivity contribution is 7.81. The Labute approximate surface area is 246 Å². The summed E-state index contributed by atoms with van der Waals surface area (Å²) in [6, 6.07) is 0. The number of hydrogen-bond acceptors (Lipinski definition) is 6. The molecule has 230 valence electrons. The molecule has 0 spiro atoms. The fraction of sp³-hybridized carbons (Fsp3) is 0.968. The second-order valence-corrected chi connectivity index (χ2v) is 13.4. The van der Waals surface area contributed by atoms with Crippen LogP contribution in [0.15, 0.2) is 0 Å². The van der Waals surface area contributed by atoms with Gasteiger partial charge in [-0.25, -0.2) is 4.79 Å². The predicted molar refractivity (Wildman–Crippen MR) is 164 cm³/mol. The first-order valence-electron chi connectivity index (χ1n) is 16.1. The van der Waals surface area contributed by atoms with Crippen molar-refractivity contribution in [3.63, 3.8) is 0 Å². The molecular formula is C31H59O6PS. The minimum Gasteiger partial charge on any atom is -0.478 e. The maximum Gasteiger partial charge on any atom is 0.353 e. The molecule has 0 aromatic carbocycles. The molecule has 4 atom stereocenters. The highest BCUT2D eigenvalue weighted by atomic mass is 32.1. The number of aliphatic hydroxyl groups excluding tert-OH is 1. The number of rotatable bonds is 24. The Morgan fingerprint density at radius 2 is 1.46 bits per heavy atom. The first-order valence-corrected chi connectivity index (χ1v) is 17.3. The van der Waals surface area contributed by atoms with Crippen LogP contribution in [-0.2, 0) is 18.8 Å². The Balaban J connectivity index is 3.08. The van der Waals surface area contributed by atoms with Gasteiger partial charge in [-0.2, -0.15) is 0 Å². The van der Waals surface area contributed by atoms with Gasteiger partial charge in [0.25, 0.3) is 5.34 Å². The minimum atomic E-state index is -2.40. The molecule has 0 aromatic heterocycles. The SMILES string of the molecule is CCCCCCCCCC(S)(CCC(CCCCC)C1CCCCCC1)OC(P=O)(C(=O)O)C(O)OCCC. The highest BCUT2D eigenvalue weighted by Gasteiger charge is 2.54. The van der Waals surface area contributed by atoms with Crippen LogP contribution in [0.1, 0.15) is 156 Å². The summed E-state index contributed by atoms with van der Waals surface area (Å²) in [4.78, 5) is 11.3. The second kappa shape index (κ2) is 21.5. The van der Waals surface area contributed by atoms with Gasteiger partial charge in [0.15, 0.2) is 0 Å². The molecule has 39 heavy (non-hydrogen) atoms. The Morgan fingerprint density at radius 1 is 0.872 bits per heavy atom. The van der Waals surface area contributed by atoms with E-state index in [0.29, 0.717) is 31.1 Å². The summed E-state index contributed by atoms with van der Waals surface area (Å²) >= 11 is 4.98. The number of thiol groups is 1. The van der Waals surface area contributed by atoms with Crippen molar-refractivity contribution in [1.82, 2.24) is 0 Å². The molecule has 1 aliphatic carbocycles. The van der Waals surface area contributed by atoms with Gasteiger partial charge < -0.3 is 19.7 Å². The lowest BCUT2D eigenvalue weighted by atomic mass is 9.79. The van der Waals surface area contributed by atoms with E-state index in [1.165, 1.54) is 89.9 Å². The molecular weight excluding hydrogens is 531 g/mol. The molecule has 4 unspecified atom stereocenters. The first kappa shape index (κ1) is 36.8. The van der Waals surface area contributed by atoms with Gasteiger partial charge >= 0.3 is 5.97 Å². The third-order valence-electron chi connectivity index (χ3n) is 8.42. The molecule has 0 radical (unpaired) electrons. The fourth-order valence-electron chi connectivity index (χ4n) is 5.99. The van der Waals surface area contributed by atoms with Crippen LogP contribution in [0.2, 0.25) is 0 Å². The van der Waals surface area contributed by atoms with Gasteiger partial charge in [-0.3, -0.25) is 4.57 Å². The third kappa shape index (κ3) is 14.0. The van der Waals surface area contributed by atoms with Crippen LogP contribution < -0.4 is 0 Å². The Kier molecular flexibility index (Phi) is 20.3. The summed E-state index contributed by atoms with van der Waals surface area (Å²) in [5.74, 6) is -0.269. The topological polar surface area (TPSA) is 93.1 Å². The van der Waals surface area contributed by atoms with Crippen LogP contribution in [-0.4, -0.2) is 39.4 Å². The summed E-state index contributed by atoms with van der Waals surface area (Å²) < 4.78 is 23.9. The largest absolute Gasteiger partial charge is 0.478 e. The molecule has 0 heterocycles. The van der Waals surface area contributed by atoms with E-state index in [2.05, 4.69) is 13.8 Å². The molecule has 0 aromatic rings. The van der Waals surface area contributed by atoms with E-state index in [0.717, 1.165) is 25.7 Å². The molecule has 0 saturated heterocycles. The van der Waals surface area contributed by atoms with Gasteiger partial charge in [-0.1, -0.05) is 124 Å². The van der Waals surface area contributed by atoms with Crippen LogP contribution in [0, 0.1) is 11.8 Å². The van der Waals surface area contributed by atoms with Crippen molar-refractivity contribution < 1.29 is 29.0 Å². The monoisotopic (exact) mass is 590 g/mol. The van der Waals surface area contributed by atoms with E-state index >= 15 is 0 Å². The van der Waals surface area contributed by atoms with Crippen molar-refractivity contribution in [1.29, 1.82) is 0 Å². The summed E-state index contributed by atoms with van der Waals surface area (Å²) in [6.07, 6.45) is 21.1. The summed E-state index contributed by atoms with van der Waals surface area (Å²) in [7, 11) is -0.837. The van der Waals surface area contributed by atoms with Crippen molar-refractivity contribution in [3.8, 4) is 0 Å². The third-order valence-corrected chi connectivity index (χ3v) is 9.74. The number of carboxylic acid groups (broad SMARTS) is 1. The summed E-state index contributed by atoms with van der Waals surface area (Å²) in [6.45, 7) is 6.45. The number of carboxylic acids is 1. The quantitative estimate of drug-likeness (QED) is 0.0341. The number of aliphatic hydroxyl groups is 1. The number of hydrogen-bond donors (Lipinski definition) is 3. The summed E-state index contributed by atoms with van der Waals surface area (Å²) in [5.41, 5.74) is 0. The lowest BCUT2D eigenvalue weighted by Gasteiger charge is -2.39. The normalized spacial score (nSPS) is 19.7. The van der Waals surface area contributed by atoms with Crippen molar-refractivity contribution in [3.05, 3.63) is 0 Å². The zero-order chi connectivity index (χ0) is 29.0. The van der Waals surface area contributed by atoms with Gasteiger partial charge in [0.05, 0.1) is 0 Å². The van der Waals surface area contributed by atoms with E-state index in [9.17, 15) is 19.6 Å². The van der Waals surface area contributed by atoms with Crippen LogP contribution in [0.25, 0.3) is 0 Å². The average molecular weight is 591 g/mol. The van der Waals surface area contributed by atoms with Gasteiger partial charge in [0.2, 0.25) is 14.8 Å². The lowest BCUT2D eigenvalue weighted by molar-refractivity contribution is -0.227. The van der Waals surface area contributed by atoms with Crippen LogP contribution in [0.5, 0.6) is 0 Å². The van der Waals surface area contributed by atoms with E-state index < -0.39 is 31.0 Å². The Bertz CT molecular complexity index is 645. The standard InChI is InChI=1S/C31H59O6PS/c1-4-7-9-10-11-14-18-23-30(39,37-31(38-35,28(32)33)29(34)36-25-6-3)24-22-27(19-15-8-5-2)26-20-16-12-13-17-21-26/h26-27,29,34,39H,4-25H2,1-3H3,(H,32,33). The highest BCUT2D eigenvalue weighted by Crippen LogP contribution is 2.44. The van der Waals surface area contributed by atoms with E-state index in [1.807, 2.05) is 6.92 Å². The van der Waals surface area contributed by atoms with Crippen LogP contribution in [0.3, 0.4) is 0 Å². The van der Waals surface area contributed by atoms with Crippen molar-refractivity contribution in [2.75, 3.05) is 6.61 Å². The van der Waals surface area contributed by atoms with Gasteiger partial charge in [-0.05, 0) is 43.9 Å². The number of aliphatic carboxylic acids is 1. The van der Waals surface area contributed by atoms with Crippen LogP contribution >= 0.6 is 21.1 Å². The molecule has 1 saturated carbocycles. The maximum atomic E-state index is 12.4. The average Bonchev–Trinajstić information content (AvgIpc) is 3.21. The molecule has 2 N–H and O–H groups in total. The lowest BCUT2D eigenvalue weighted by Crippen LogP contribution is -2.53.